The van der Waals surface area contributed by atoms with Crippen molar-refractivity contribution in [3.8, 4) is 0 Å². The molecule has 0 aromatic rings. The number of hydrogen-bond acceptors (Lipinski definition) is 3. The second-order valence-electron chi connectivity index (χ2n) is 4.87. The van der Waals surface area contributed by atoms with Crippen LogP contribution in [0.3, 0.4) is 0 Å². The monoisotopic (exact) mass is 230 g/mol. The second-order valence-corrected chi connectivity index (χ2v) is 6.44. The Balaban J connectivity index is 2.27. The molecular formula is C11H18O3S. The van der Waals surface area contributed by atoms with E-state index < -0.39 is 15.7 Å². The molecule has 0 amide bonds. The summed E-state index contributed by atoms with van der Waals surface area (Å²) in [6.07, 6.45) is 7.00. The zero-order chi connectivity index (χ0) is 11.1. The van der Waals surface area contributed by atoms with Crippen LogP contribution in [0.15, 0.2) is 12.2 Å². The fourth-order valence-electron chi connectivity index (χ4n) is 2.82. The molecule has 0 heterocycles. The normalized spacial score (nSPS) is 36.6. The Labute approximate surface area is 91.6 Å². The first-order valence-corrected chi connectivity index (χ1v) is 7.32. The Hall–Kier alpha value is -0.350. The van der Waals surface area contributed by atoms with Gasteiger partial charge in [0.25, 0.3) is 10.1 Å². The second kappa shape index (κ2) is 3.59. The van der Waals surface area contributed by atoms with Gasteiger partial charge in [-0.3, -0.25) is 4.18 Å². The van der Waals surface area contributed by atoms with Crippen molar-refractivity contribution in [2.24, 2.45) is 5.92 Å². The van der Waals surface area contributed by atoms with Crippen LogP contribution in [0.25, 0.3) is 0 Å². The predicted octanol–water partition coefficient (Wildman–Crippen LogP) is 2.24. The minimum Gasteiger partial charge on any atom is -0.259 e. The third-order valence-electron chi connectivity index (χ3n) is 3.72. The molecule has 3 fully saturated rings. The number of rotatable bonds is 2. The van der Waals surface area contributed by atoms with Gasteiger partial charge in [0.1, 0.15) is 5.60 Å². The highest BCUT2D eigenvalue weighted by Crippen LogP contribution is 2.47. The molecule has 4 heteroatoms. The highest BCUT2D eigenvalue weighted by Gasteiger charge is 2.43. The maximum Gasteiger partial charge on any atom is 0.265 e. The molecule has 2 bridgehead atoms. The summed E-state index contributed by atoms with van der Waals surface area (Å²) in [5, 5.41) is 0. The molecule has 0 aromatic heterocycles. The summed E-state index contributed by atoms with van der Waals surface area (Å²) in [4.78, 5) is 0. The maximum absolute atomic E-state index is 11.3. The summed E-state index contributed by atoms with van der Waals surface area (Å²) in [6, 6.07) is 0. The summed E-state index contributed by atoms with van der Waals surface area (Å²) in [5.74, 6) is 0.750. The van der Waals surface area contributed by atoms with E-state index in [2.05, 4.69) is 6.58 Å². The number of fused-ring (bicyclic) bond motifs is 4. The van der Waals surface area contributed by atoms with Crippen molar-refractivity contribution in [2.75, 3.05) is 6.26 Å². The zero-order valence-electron chi connectivity index (χ0n) is 9.16. The lowest BCUT2D eigenvalue weighted by Crippen LogP contribution is -2.38. The fraction of sp³-hybridized carbons (Fsp3) is 0.818. The van der Waals surface area contributed by atoms with E-state index in [-0.39, 0.29) is 0 Å². The van der Waals surface area contributed by atoms with Crippen molar-refractivity contribution in [1.82, 2.24) is 0 Å². The van der Waals surface area contributed by atoms with Crippen LogP contribution in [0.5, 0.6) is 0 Å². The molecule has 3 nitrogen and oxygen atoms in total. The van der Waals surface area contributed by atoms with Crippen molar-refractivity contribution in [3.63, 3.8) is 0 Å². The van der Waals surface area contributed by atoms with Gasteiger partial charge in [0.05, 0.1) is 6.26 Å². The van der Waals surface area contributed by atoms with Gasteiger partial charge in [-0.05, 0) is 50.0 Å². The quantitative estimate of drug-likeness (QED) is 0.540. The first-order chi connectivity index (χ1) is 6.91. The van der Waals surface area contributed by atoms with Crippen molar-refractivity contribution in [1.29, 1.82) is 0 Å². The van der Waals surface area contributed by atoms with Crippen molar-refractivity contribution in [2.45, 2.75) is 44.1 Å². The Morgan fingerprint density at radius 1 is 1.33 bits per heavy atom. The van der Waals surface area contributed by atoms with Crippen LogP contribution in [0.2, 0.25) is 0 Å². The highest BCUT2D eigenvalue weighted by molar-refractivity contribution is 7.86. The fourth-order valence-corrected chi connectivity index (χ4v) is 3.69. The first kappa shape index (κ1) is 11.1. The molecule has 0 aliphatic heterocycles. The topological polar surface area (TPSA) is 43.4 Å². The summed E-state index contributed by atoms with van der Waals surface area (Å²) in [6.45, 7) is 4.02. The van der Waals surface area contributed by atoms with Gasteiger partial charge in [-0.2, -0.15) is 8.42 Å². The van der Waals surface area contributed by atoms with Crippen LogP contribution in [0, 0.1) is 5.92 Å². The SMILES string of the molecule is C=C1CCC2CCC1(OS(C)(=O)=O)CC2. The molecule has 0 atom stereocenters. The Bertz CT molecular complexity index is 361. The largest absolute Gasteiger partial charge is 0.265 e. The lowest BCUT2D eigenvalue weighted by molar-refractivity contribution is 0.0679. The van der Waals surface area contributed by atoms with Crippen LogP contribution in [-0.4, -0.2) is 20.3 Å². The Morgan fingerprint density at radius 2 is 1.93 bits per heavy atom. The maximum atomic E-state index is 11.3. The molecule has 15 heavy (non-hydrogen) atoms. The zero-order valence-corrected chi connectivity index (χ0v) is 9.98. The van der Waals surface area contributed by atoms with E-state index in [9.17, 15) is 8.42 Å². The van der Waals surface area contributed by atoms with E-state index in [0.29, 0.717) is 0 Å². The molecule has 0 saturated heterocycles. The minimum absolute atomic E-state index is 0.569. The molecule has 3 rings (SSSR count). The van der Waals surface area contributed by atoms with Crippen LogP contribution < -0.4 is 0 Å². The van der Waals surface area contributed by atoms with E-state index in [1.807, 2.05) is 0 Å². The molecule has 0 N–H and O–H groups in total. The van der Waals surface area contributed by atoms with Gasteiger partial charge >= 0.3 is 0 Å². The lowest BCUT2D eigenvalue weighted by Gasteiger charge is -2.36. The van der Waals surface area contributed by atoms with Gasteiger partial charge < -0.3 is 0 Å². The molecule has 3 aliphatic carbocycles. The van der Waals surface area contributed by atoms with Gasteiger partial charge in [-0.25, -0.2) is 0 Å². The van der Waals surface area contributed by atoms with Crippen LogP contribution in [0.1, 0.15) is 38.5 Å². The van der Waals surface area contributed by atoms with E-state index in [1.54, 1.807) is 0 Å². The van der Waals surface area contributed by atoms with E-state index in [1.165, 1.54) is 0 Å². The average Bonchev–Trinajstić information content (AvgIpc) is 2.34. The molecule has 0 spiro atoms. The molecule has 3 saturated carbocycles. The van der Waals surface area contributed by atoms with Crippen molar-refractivity contribution < 1.29 is 12.6 Å². The molecule has 3 aliphatic rings. The smallest absolute Gasteiger partial charge is 0.259 e. The molecule has 0 unspecified atom stereocenters. The van der Waals surface area contributed by atoms with Gasteiger partial charge in [-0.15, -0.1) is 0 Å². The lowest BCUT2D eigenvalue weighted by atomic mass is 9.79. The van der Waals surface area contributed by atoms with Gasteiger partial charge in [-0.1, -0.05) is 6.58 Å². The Morgan fingerprint density at radius 3 is 2.47 bits per heavy atom. The molecule has 0 aromatic carbocycles. The molecular weight excluding hydrogens is 212 g/mol. The predicted molar refractivity (Wildman–Crippen MR) is 59.0 cm³/mol. The summed E-state index contributed by atoms with van der Waals surface area (Å²) < 4.78 is 27.9. The number of hydrogen-bond donors (Lipinski definition) is 0. The van der Waals surface area contributed by atoms with Gasteiger partial charge in [0.2, 0.25) is 0 Å². The third kappa shape index (κ3) is 2.26. The van der Waals surface area contributed by atoms with Crippen molar-refractivity contribution in [3.05, 3.63) is 12.2 Å². The molecule has 0 radical (unpaired) electrons. The van der Waals surface area contributed by atoms with E-state index in [4.69, 9.17) is 4.18 Å². The highest BCUT2D eigenvalue weighted by atomic mass is 32.2. The van der Waals surface area contributed by atoms with Gasteiger partial charge in [0.15, 0.2) is 0 Å². The van der Waals surface area contributed by atoms with Crippen LogP contribution >= 0.6 is 0 Å². The average molecular weight is 230 g/mol. The van der Waals surface area contributed by atoms with Gasteiger partial charge in [0, 0.05) is 0 Å². The molecule has 86 valence electrons. The summed E-state index contributed by atoms with van der Waals surface area (Å²) in [7, 11) is -3.38. The third-order valence-corrected chi connectivity index (χ3v) is 4.34. The Kier molecular flexibility index (Phi) is 2.67. The minimum atomic E-state index is -3.38. The standard InChI is InChI=1S/C11H18O3S/c1-9-3-4-10-5-7-11(9,8-6-10)14-15(2,12)13/h10H,1,3-8H2,2H3. The summed E-state index contributed by atoms with van der Waals surface area (Å²) >= 11 is 0. The summed E-state index contributed by atoms with van der Waals surface area (Å²) in [5.41, 5.74) is 0.411. The first-order valence-electron chi connectivity index (χ1n) is 5.50. The van der Waals surface area contributed by atoms with Crippen LogP contribution in [0.4, 0.5) is 0 Å². The van der Waals surface area contributed by atoms with Crippen molar-refractivity contribution >= 4 is 10.1 Å². The van der Waals surface area contributed by atoms with E-state index in [0.717, 1.165) is 56.3 Å². The van der Waals surface area contributed by atoms with E-state index >= 15 is 0 Å². The van der Waals surface area contributed by atoms with Crippen LogP contribution in [-0.2, 0) is 14.3 Å².